The van der Waals surface area contributed by atoms with Crippen LogP contribution >= 0.6 is 12.6 Å². The smallest absolute Gasteiger partial charge is 0.231 e. The van der Waals surface area contributed by atoms with E-state index < -0.39 is 0 Å². The molecular weight excluding hydrogens is 234 g/mol. The van der Waals surface area contributed by atoms with Crippen molar-refractivity contribution in [3.05, 3.63) is 29.8 Å². The van der Waals surface area contributed by atoms with Gasteiger partial charge in [0.25, 0.3) is 0 Å². The van der Waals surface area contributed by atoms with Gasteiger partial charge in [0, 0.05) is 11.3 Å². The van der Waals surface area contributed by atoms with E-state index in [1.54, 1.807) is 24.3 Å². The van der Waals surface area contributed by atoms with Crippen molar-refractivity contribution in [1.82, 2.24) is 0 Å². The number of Topliss-reactive ketones (excluding diaryl/α,β-unsaturated/α-hetero) is 1. The number of rotatable bonds is 3. The number of hydrogen-bond acceptors (Lipinski definition) is 3. The fraction of sp³-hybridized carbons (Fsp3) is 0.231. The maximum Gasteiger partial charge on any atom is 0.231 e. The van der Waals surface area contributed by atoms with Crippen LogP contribution in [0.3, 0.4) is 0 Å². The molecule has 0 radical (unpaired) electrons. The highest BCUT2D eigenvalue weighted by Crippen LogP contribution is 2.09. The van der Waals surface area contributed by atoms with Gasteiger partial charge in [0.1, 0.15) is 5.78 Å². The van der Waals surface area contributed by atoms with Crippen molar-refractivity contribution in [2.45, 2.75) is 13.3 Å². The number of hydrogen-bond donors (Lipinski definition) is 2. The quantitative estimate of drug-likeness (QED) is 0.487. The van der Waals surface area contributed by atoms with Gasteiger partial charge in [0.05, 0.1) is 12.2 Å². The molecule has 0 aliphatic rings. The van der Waals surface area contributed by atoms with Crippen LogP contribution in [0.2, 0.25) is 0 Å². The van der Waals surface area contributed by atoms with Crippen molar-refractivity contribution in [3.63, 3.8) is 0 Å². The highest BCUT2D eigenvalue weighted by Gasteiger charge is 2.04. The van der Waals surface area contributed by atoms with Gasteiger partial charge in [-0.3, -0.25) is 9.59 Å². The van der Waals surface area contributed by atoms with Crippen LogP contribution in [-0.4, -0.2) is 17.4 Å². The number of amides is 1. The summed E-state index contributed by atoms with van der Waals surface area (Å²) in [5.41, 5.74) is 1.52. The Morgan fingerprint density at radius 3 is 2.47 bits per heavy atom. The number of carbonyl (C=O) groups excluding carboxylic acids is 2. The topological polar surface area (TPSA) is 46.2 Å². The van der Waals surface area contributed by atoms with Crippen LogP contribution in [-0.2, 0) is 9.59 Å². The number of ketones is 1. The average molecular weight is 247 g/mol. The molecule has 3 nitrogen and oxygen atoms in total. The Labute approximate surface area is 106 Å². The van der Waals surface area contributed by atoms with Crippen molar-refractivity contribution in [3.8, 4) is 11.8 Å². The summed E-state index contributed by atoms with van der Waals surface area (Å²) in [6, 6.07) is 7.11. The minimum absolute atomic E-state index is 0.0960. The van der Waals surface area contributed by atoms with Crippen LogP contribution in [0.1, 0.15) is 18.9 Å². The van der Waals surface area contributed by atoms with E-state index in [1.165, 1.54) is 6.92 Å². The van der Waals surface area contributed by atoms with Crippen LogP contribution in [0.25, 0.3) is 0 Å². The summed E-state index contributed by atoms with van der Waals surface area (Å²) in [5, 5.41) is 2.63. The predicted molar refractivity (Wildman–Crippen MR) is 71.1 cm³/mol. The summed E-state index contributed by atoms with van der Waals surface area (Å²) in [5.74, 6) is 5.80. The van der Waals surface area contributed by atoms with Gasteiger partial charge >= 0.3 is 0 Å². The molecule has 1 rings (SSSR count). The third-order valence-electron chi connectivity index (χ3n) is 1.89. The Kier molecular flexibility index (Phi) is 5.31. The molecule has 0 aromatic heterocycles. The molecule has 0 spiro atoms. The second-order valence-electron chi connectivity index (χ2n) is 3.46. The first-order chi connectivity index (χ1) is 8.11. The van der Waals surface area contributed by atoms with Gasteiger partial charge in [0.15, 0.2) is 0 Å². The monoisotopic (exact) mass is 247 g/mol. The molecule has 0 saturated carbocycles. The molecule has 0 heterocycles. The SMILES string of the molecule is CC(=O)CC(=O)Nc1ccc(C#CCS)cc1. The second-order valence-corrected chi connectivity index (χ2v) is 3.78. The van der Waals surface area contributed by atoms with E-state index in [2.05, 4.69) is 29.8 Å². The highest BCUT2D eigenvalue weighted by atomic mass is 32.1. The van der Waals surface area contributed by atoms with Crippen LogP contribution in [0.4, 0.5) is 5.69 Å². The van der Waals surface area contributed by atoms with E-state index in [-0.39, 0.29) is 18.1 Å². The first-order valence-electron chi connectivity index (χ1n) is 5.11. The molecule has 0 aliphatic heterocycles. The standard InChI is InChI=1S/C13H13NO2S/c1-10(15)9-13(16)14-12-6-4-11(5-7-12)3-2-8-17/h4-7,17H,8-9H2,1H3,(H,14,16). The Morgan fingerprint density at radius 1 is 1.29 bits per heavy atom. The minimum Gasteiger partial charge on any atom is -0.326 e. The van der Waals surface area contributed by atoms with Crippen molar-refractivity contribution >= 4 is 30.0 Å². The van der Waals surface area contributed by atoms with Gasteiger partial charge in [-0.2, -0.15) is 12.6 Å². The minimum atomic E-state index is -0.299. The van der Waals surface area contributed by atoms with E-state index >= 15 is 0 Å². The molecular formula is C13H13NO2S. The van der Waals surface area contributed by atoms with E-state index in [4.69, 9.17) is 0 Å². The van der Waals surface area contributed by atoms with Gasteiger partial charge in [-0.05, 0) is 31.2 Å². The fourth-order valence-electron chi connectivity index (χ4n) is 1.21. The normalized spacial score (nSPS) is 9.06. The zero-order valence-corrected chi connectivity index (χ0v) is 10.4. The lowest BCUT2D eigenvalue weighted by Crippen LogP contribution is -2.14. The van der Waals surface area contributed by atoms with Crippen LogP contribution in [0, 0.1) is 11.8 Å². The third kappa shape index (κ3) is 5.23. The molecule has 17 heavy (non-hydrogen) atoms. The molecule has 1 amide bonds. The molecule has 88 valence electrons. The number of carbonyl (C=O) groups is 2. The molecule has 1 N–H and O–H groups in total. The Morgan fingerprint density at radius 2 is 1.94 bits per heavy atom. The zero-order chi connectivity index (χ0) is 12.7. The van der Waals surface area contributed by atoms with Crippen LogP contribution in [0.15, 0.2) is 24.3 Å². The number of thiol groups is 1. The molecule has 1 aromatic carbocycles. The lowest BCUT2D eigenvalue weighted by molar-refractivity contribution is -0.124. The van der Waals surface area contributed by atoms with Gasteiger partial charge < -0.3 is 5.32 Å². The second kappa shape index (κ2) is 6.77. The largest absolute Gasteiger partial charge is 0.326 e. The van der Waals surface area contributed by atoms with E-state index in [0.717, 1.165) is 5.56 Å². The molecule has 0 fully saturated rings. The van der Waals surface area contributed by atoms with Gasteiger partial charge in [-0.1, -0.05) is 11.8 Å². The molecule has 0 atom stereocenters. The summed E-state index contributed by atoms with van der Waals surface area (Å²) in [6.45, 7) is 1.38. The summed E-state index contributed by atoms with van der Waals surface area (Å²) in [6.07, 6.45) is -0.0960. The Bertz CT molecular complexity index is 468. The van der Waals surface area contributed by atoms with Crippen molar-refractivity contribution in [2.75, 3.05) is 11.1 Å². The van der Waals surface area contributed by atoms with E-state index in [0.29, 0.717) is 11.4 Å². The average Bonchev–Trinajstić information content (AvgIpc) is 2.27. The summed E-state index contributed by atoms with van der Waals surface area (Å²) in [7, 11) is 0. The molecule has 0 unspecified atom stereocenters. The van der Waals surface area contributed by atoms with Crippen LogP contribution in [0.5, 0.6) is 0 Å². The Balaban J connectivity index is 2.62. The van der Waals surface area contributed by atoms with Crippen molar-refractivity contribution < 1.29 is 9.59 Å². The number of anilines is 1. The Hall–Kier alpha value is -1.73. The first-order valence-corrected chi connectivity index (χ1v) is 5.74. The van der Waals surface area contributed by atoms with Gasteiger partial charge in [0.2, 0.25) is 5.91 Å². The lowest BCUT2D eigenvalue weighted by Gasteiger charge is -2.03. The van der Waals surface area contributed by atoms with E-state index in [1.807, 2.05) is 0 Å². The summed E-state index contributed by atoms with van der Waals surface area (Å²) in [4.78, 5) is 22.0. The molecule has 0 bridgehead atoms. The predicted octanol–water partition coefficient (Wildman–Crippen LogP) is 1.89. The molecule has 0 saturated heterocycles. The molecule has 0 aliphatic carbocycles. The van der Waals surface area contributed by atoms with Gasteiger partial charge in [-0.25, -0.2) is 0 Å². The maximum atomic E-state index is 11.3. The van der Waals surface area contributed by atoms with Crippen molar-refractivity contribution in [2.24, 2.45) is 0 Å². The summed E-state index contributed by atoms with van der Waals surface area (Å²) >= 11 is 3.99. The highest BCUT2D eigenvalue weighted by molar-refractivity contribution is 7.80. The van der Waals surface area contributed by atoms with E-state index in [9.17, 15) is 9.59 Å². The third-order valence-corrected chi connectivity index (χ3v) is 2.05. The lowest BCUT2D eigenvalue weighted by atomic mass is 10.2. The molecule has 1 aromatic rings. The number of benzene rings is 1. The summed E-state index contributed by atoms with van der Waals surface area (Å²) < 4.78 is 0. The van der Waals surface area contributed by atoms with Crippen LogP contribution < -0.4 is 5.32 Å². The zero-order valence-electron chi connectivity index (χ0n) is 9.49. The number of nitrogens with one attached hydrogen (secondary N) is 1. The molecule has 4 heteroatoms. The fourth-order valence-corrected chi connectivity index (χ4v) is 1.29. The van der Waals surface area contributed by atoms with Crippen molar-refractivity contribution in [1.29, 1.82) is 0 Å². The first kappa shape index (κ1) is 13.3. The maximum absolute atomic E-state index is 11.3. The van der Waals surface area contributed by atoms with Gasteiger partial charge in [-0.15, -0.1) is 0 Å².